The van der Waals surface area contributed by atoms with E-state index in [2.05, 4.69) is 15.2 Å². The summed E-state index contributed by atoms with van der Waals surface area (Å²) >= 11 is 0. The van der Waals surface area contributed by atoms with Crippen LogP contribution in [0.3, 0.4) is 0 Å². The predicted molar refractivity (Wildman–Crippen MR) is 54.5 cm³/mol. The molecule has 1 aromatic heterocycles. The number of carbonyl (C=O) groups excluding carboxylic acids is 1. The van der Waals surface area contributed by atoms with Crippen molar-refractivity contribution in [2.75, 3.05) is 6.61 Å². The number of nitrogens with zero attached hydrogens (tertiary/aromatic N) is 1. The zero-order valence-corrected chi connectivity index (χ0v) is 12.7. The van der Waals surface area contributed by atoms with Gasteiger partial charge >= 0.3 is 29.6 Å². The first-order valence-corrected chi connectivity index (χ1v) is 5.37. The van der Waals surface area contributed by atoms with Crippen molar-refractivity contribution in [3.8, 4) is 6.07 Å². The summed E-state index contributed by atoms with van der Waals surface area (Å²) in [4.78, 5) is 11.7. The molecular weight excluding hydrogens is 233 g/mol. The quantitative estimate of drug-likeness (QED) is 0.292. The Labute approximate surface area is 123 Å². The molecule has 0 bridgehead atoms. The van der Waals surface area contributed by atoms with E-state index in [0.717, 1.165) is 0 Å². The summed E-state index contributed by atoms with van der Waals surface area (Å²) in [6.07, 6.45) is 0.607. The molecule has 0 saturated carbocycles. The molecule has 1 aromatic rings. The predicted octanol–water partition coefficient (Wildman–Crippen LogP) is -0.572. The van der Waals surface area contributed by atoms with Crippen LogP contribution in [0.2, 0.25) is 0 Å². The Balaban J connectivity index is 0.00000256. The molecule has 0 radical (unpaired) electrons. The van der Waals surface area contributed by atoms with Crippen molar-refractivity contribution in [1.82, 2.24) is 0 Å². The van der Waals surface area contributed by atoms with Gasteiger partial charge in [-0.05, 0) is 19.3 Å². The van der Waals surface area contributed by atoms with E-state index >= 15 is 0 Å². The van der Waals surface area contributed by atoms with E-state index in [0.29, 0.717) is 12.3 Å². The van der Waals surface area contributed by atoms with Gasteiger partial charge in [0.2, 0.25) is 0 Å². The van der Waals surface area contributed by atoms with Crippen molar-refractivity contribution in [3.05, 3.63) is 5.96 Å². The molecule has 1 unspecified atom stereocenters. The largest absolute Gasteiger partial charge is 1.00 e. The molecular formula is C11H16NNaO4. The Hall–Kier alpha value is -0.570. The maximum atomic E-state index is 11.7. The zero-order valence-electron chi connectivity index (χ0n) is 10.7. The third-order valence-electron chi connectivity index (χ3n) is 2.27. The molecule has 0 spiro atoms. The molecule has 0 aromatic carbocycles. The van der Waals surface area contributed by atoms with E-state index in [9.17, 15) is 4.79 Å². The van der Waals surface area contributed by atoms with Crippen molar-refractivity contribution in [2.45, 2.75) is 33.1 Å². The van der Waals surface area contributed by atoms with E-state index < -0.39 is 17.8 Å². The van der Waals surface area contributed by atoms with Gasteiger partial charge in [-0.1, -0.05) is 13.8 Å². The molecule has 90 valence electrons. The second-order valence-electron chi connectivity index (χ2n) is 4.08. The number of nitriles is 1. The fourth-order valence-corrected chi connectivity index (χ4v) is 1.56. The van der Waals surface area contributed by atoms with Crippen LogP contribution in [-0.4, -0.2) is 12.6 Å². The molecule has 0 aliphatic heterocycles. The maximum Gasteiger partial charge on any atom is 1.00 e. The minimum absolute atomic E-state index is 0. The maximum absolute atomic E-state index is 11.7. The average molecular weight is 249 g/mol. The summed E-state index contributed by atoms with van der Waals surface area (Å²) in [7, 11) is 0. The van der Waals surface area contributed by atoms with E-state index in [1.165, 1.54) is 0 Å². The molecule has 0 amide bonds. The van der Waals surface area contributed by atoms with E-state index in [1.807, 2.05) is 13.8 Å². The van der Waals surface area contributed by atoms with Gasteiger partial charge in [0.1, 0.15) is 0 Å². The molecule has 1 rings (SSSR count). The topological polar surface area (TPSA) is 76.4 Å². The van der Waals surface area contributed by atoms with Crippen LogP contribution in [0.15, 0.2) is 9.15 Å². The van der Waals surface area contributed by atoms with Crippen LogP contribution in [0.5, 0.6) is 0 Å². The van der Waals surface area contributed by atoms with Crippen LogP contribution in [0.1, 0.15) is 39.1 Å². The fourth-order valence-electron chi connectivity index (χ4n) is 1.56. The Bertz CT molecular complexity index is 349. The number of hydrogen-bond acceptors (Lipinski definition) is 5. The van der Waals surface area contributed by atoms with Gasteiger partial charge in [-0.2, -0.15) is 5.26 Å². The van der Waals surface area contributed by atoms with Crippen molar-refractivity contribution in [3.63, 3.8) is 0 Å². The zero-order chi connectivity index (χ0) is 12.1. The van der Waals surface area contributed by atoms with Gasteiger partial charge in [-0.3, -0.25) is 4.79 Å². The standard InChI is InChI=1S/C11H16NO4.Na/c1-4-14-10(13)9(11-15-16-11)8(6-12)5-7(2)3;/h7-9H,4-5H2,1-3H3;/q-1;+1/t8-,9?;/m1./s1. The van der Waals surface area contributed by atoms with Crippen molar-refractivity contribution in [2.24, 2.45) is 11.8 Å². The first-order valence-electron chi connectivity index (χ1n) is 5.37. The smallest absolute Gasteiger partial charge is 0.467 e. The summed E-state index contributed by atoms with van der Waals surface area (Å²) in [5.41, 5.74) is 0. The SMILES string of the molecule is CCOC(=O)C([c-]1oo1)[C@@H](C#N)CC(C)C.[Na+]. The summed E-state index contributed by atoms with van der Waals surface area (Å²) in [5.74, 6) is -1.11. The monoisotopic (exact) mass is 249 g/mol. The fraction of sp³-hybridized carbons (Fsp3) is 0.727. The van der Waals surface area contributed by atoms with Gasteiger partial charge in [0.25, 0.3) is 5.97 Å². The number of carbonyl (C=O) groups is 1. The van der Waals surface area contributed by atoms with E-state index in [1.54, 1.807) is 6.92 Å². The van der Waals surface area contributed by atoms with Crippen molar-refractivity contribution < 1.29 is 48.2 Å². The van der Waals surface area contributed by atoms with Gasteiger partial charge in [0, 0.05) is 11.8 Å². The second-order valence-corrected chi connectivity index (χ2v) is 4.08. The first-order chi connectivity index (χ1) is 7.60. The van der Waals surface area contributed by atoms with Gasteiger partial charge in [0.15, 0.2) is 0 Å². The molecule has 0 aliphatic rings. The second kappa shape index (κ2) is 7.70. The Morgan fingerprint density at radius 1 is 1.47 bits per heavy atom. The third kappa shape index (κ3) is 5.07. The van der Waals surface area contributed by atoms with Crippen LogP contribution < -0.4 is 29.6 Å². The number of ether oxygens (including phenoxy) is 1. The van der Waals surface area contributed by atoms with Crippen molar-refractivity contribution >= 4 is 5.97 Å². The van der Waals surface area contributed by atoms with Crippen LogP contribution in [-0.2, 0) is 9.53 Å². The molecule has 0 N–H and O–H groups in total. The molecule has 17 heavy (non-hydrogen) atoms. The first kappa shape index (κ1) is 16.4. The summed E-state index contributed by atoms with van der Waals surface area (Å²) < 4.78 is 14.0. The van der Waals surface area contributed by atoms with E-state index in [-0.39, 0.29) is 42.1 Å². The number of hydrogen-bond donors (Lipinski definition) is 0. The molecule has 2 atom stereocenters. The number of esters is 1. The molecule has 5 nitrogen and oxygen atoms in total. The van der Waals surface area contributed by atoms with Crippen LogP contribution >= 0.6 is 0 Å². The molecule has 6 heteroatoms. The van der Waals surface area contributed by atoms with Crippen LogP contribution in [0.25, 0.3) is 0 Å². The van der Waals surface area contributed by atoms with Gasteiger partial charge < -0.3 is 13.9 Å². The third-order valence-corrected chi connectivity index (χ3v) is 2.27. The normalized spacial score (nSPS) is 13.8. The molecule has 0 saturated heterocycles. The van der Waals surface area contributed by atoms with Gasteiger partial charge in [0.05, 0.1) is 18.6 Å². The minimum atomic E-state index is -0.715. The molecule has 0 fully saturated rings. The summed E-state index contributed by atoms with van der Waals surface area (Å²) in [5, 5.41) is 9.06. The van der Waals surface area contributed by atoms with Gasteiger partial charge in [-0.25, -0.2) is 0 Å². The minimum Gasteiger partial charge on any atom is -0.467 e. The number of rotatable bonds is 6. The summed E-state index contributed by atoms with van der Waals surface area (Å²) in [6, 6.07) is 2.11. The van der Waals surface area contributed by atoms with Gasteiger partial charge in [-0.15, -0.1) is 0 Å². The molecule has 1 heterocycles. The van der Waals surface area contributed by atoms with Crippen LogP contribution in [0, 0.1) is 23.2 Å². The average Bonchev–Trinajstić information content (AvgIpc) is 3.00. The Morgan fingerprint density at radius 2 is 2.06 bits per heavy atom. The molecule has 0 aliphatic carbocycles. The van der Waals surface area contributed by atoms with Crippen LogP contribution in [0.4, 0.5) is 0 Å². The Kier molecular flexibility index (Phi) is 7.44. The Morgan fingerprint density at radius 3 is 2.41 bits per heavy atom. The van der Waals surface area contributed by atoms with E-state index in [4.69, 9.17) is 10.00 Å². The van der Waals surface area contributed by atoms with Crippen molar-refractivity contribution in [1.29, 1.82) is 5.26 Å². The summed E-state index contributed by atoms with van der Waals surface area (Å²) in [6.45, 7) is 5.98.